The fourth-order valence-electron chi connectivity index (χ4n) is 3.90. The van der Waals surface area contributed by atoms with Crippen molar-refractivity contribution in [3.8, 4) is 0 Å². The largest absolute Gasteiger partial charge is 0.373 e. The van der Waals surface area contributed by atoms with Gasteiger partial charge in [-0.3, -0.25) is 21.6 Å². The van der Waals surface area contributed by atoms with Gasteiger partial charge in [0.25, 0.3) is 0 Å². The Labute approximate surface area is 256 Å². The van der Waals surface area contributed by atoms with Crippen molar-refractivity contribution in [2.24, 2.45) is 0 Å². The van der Waals surface area contributed by atoms with Crippen molar-refractivity contribution < 1.29 is 4.79 Å². The first-order valence-electron chi connectivity index (χ1n) is 13.0. The van der Waals surface area contributed by atoms with Crippen LogP contribution in [0, 0.1) is 21.6 Å². The van der Waals surface area contributed by atoms with Crippen LogP contribution in [-0.4, -0.2) is 43.5 Å². The van der Waals surface area contributed by atoms with E-state index in [-0.39, 0.29) is 24.1 Å². The first kappa shape index (κ1) is 31.8. The molecule has 0 aliphatic carbocycles. The predicted octanol–water partition coefficient (Wildman–Crippen LogP) is 5.72. The molecule has 0 saturated carbocycles. The number of hydrogen-bond donors (Lipinski definition) is 10. The number of hydrogen-bond acceptors (Lipinski definition) is 5. The summed E-state index contributed by atoms with van der Waals surface area (Å²) >= 11 is 0. The minimum absolute atomic E-state index is 0. The van der Waals surface area contributed by atoms with Crippen LogP contribution in [0.4, 0.5) is 27.5 Å². The van der Waals surface area contributed by atoms with Gasteiger partial charge in [0, 0.05) is 59.1 Å². The Morgan fingerprint density at radius 2 is 0.651 bits per heavy atom. The first-order chi connectivity index (χ1) is 20.2. The molecular weight excluding hydrogens is 564 g/mol. The van der Waals surface area contributed by atoms with Gasteiger partial charge in [0.05, 0.1) is 0 Å². The lowest BCUT2D eigenvalue weighted by Gasteiger charge is -2.12. The monoisotopic (exact) mass is 596 g/mol. The second kappa shape index (κ2) is 14.8. The Bertz CT molecular complexity index is 1600. The van der Waals surface area contributed by atoms with Crippen LogP contribution in [0.25, 0.3) is 0 Å². The van der Waals surface area contributed by atoms with Crippen LogP contribution >= 0.6 is 12.4 Å². The second-order valence-electron chi connectivity index (χ2n) is 9.14. The van der Waals surface area contributed by atoms with Gasteiger partial charge in [-0.1, -0.05) is 0 Å². The lowest BCUT2D eigenvalue weighted by Crippen LogP contribution is -2.20. The van der Waals surface area contributed by atoms with Gasteiger partial charge in [-0.05, 0) is 97.1 Å². The molecular formula is C31H33ClN10O. The zero-order valence-corrected chi connectivity index (χ0v) is 24.4. The summed E-state index contributed by atoms with van der Waals surface area (Å²) in [6, 6.07) is 27.9. The number of rotatable bonds is 8. The summed E-state index contributed by atoms with van der Waals surface area (Å²) in [7, 11) is 3.38. The topological polar surface area (TPSA) is 185 Å². The molecule has 4 aromatic rings. The van der Waals surface area contributed by atoms with Gasteiger partial charge in [0.2, 0.25) is 0 Å². The van der Waals surface area contributed by atoms with Crippen molar-refractivity contribution in [2.75, 3.05) is 35.4 Å². The summed E-state index contributed by atoms with van der Waals surface area (Å²) in [6.45, 7) is 0. The molecule has 0 saturated heterocycles. The molecule has 0 aliphatic rings. The molecule has 0 spiro atoms. The summed E-state index contributed by atoms with van der Waals surface area (Å²) in [5.41, 5.74) is 5.40. The maximum atomic E-state index is 12.4. The fraction of sp³-hybridized carbons (Fsp3) is 0.0645. The maximum Gasteiger partial charge on any atom is 0.323 e. The summed E-state index contributed by atoms with van der Waals surface area (Å²) in [6.07, 6.45) is 0. The van der Waals surface area contributed by atoms with E-state index in [0.717, 1.165) is 11.3 Å². The average Bonchev–Trinajstić information content (AvgIpc) is 3.01. The van der Waals surface area contributed by atoms with E-state index in [0.29, 0.717) is 45.4 Å². The van der Waals surface area contributed by atoms with Crippen LogP contribution in [0.3, 0.4) is 0 Å². The number of benzene rings is 4. The van der Waals surface area contributed by atoms with E-state index < -0.39 is 6.03 Å². The molecule has 0 aliphatic heterocycles. The van der Waals surface area contributed by atoms with Gasteiger partial charge in [0.15, 0.2) is 0 Å². The summed E-state index contributed by atoms with van der Waals surface area (Å²) in [4.78, 5) is 12.4. The van der Waals surface area contributed by atoms with Crippen molar-refractivity contribution in [3.63, 3.8) is 0 Å². The van der Waals surface area contributed by atoms with Gasteiger partial charge < -0.3 is 31.9 Å². The minimum Gasteiger partial charge on any atom is -0.373 e. The SMILES string of the molecule is CNC(=N)c1ccc(NC(=N)c2ccc(NC(=N)c3ccc(NC(=O)Nc4ccc(C(=N)NC)cc4)cc3)cc2)cc1.Cl. The lowest BCUT2D eigenvalue weighted by molar-refractivity contribution is 0.262. The lowest BCUT2D eigenvalue weighted by atomic mass is 10.1. The highest BCUT2D eigenvalue weighted by Gasteiger charge is 2.08. The quantitative estimate of drug-likeness (QED) is 0.0919. The summed E-state index contributed by atoms with van der Waals surface area (Å²) < 4.78 is 0. The Kier molecular flexibility index (Phi) is 11.0. The zero-order chi connectivity index (χ0) is 30.1. The van der Waals surface area contributed by atoms with Gasteiger partial charge in [0.1, 0.15) is 23.3 Å². The number of carbonyl (C=O) groups excluding carboxylic acids is 1. The maximum absolute atomic E-state index is 12.4. The van der Waals surface area contributed by atoms with E-state index in [1.807, 2.05) is 24.3 Å². The number of nitrogens with one attached hydrogen (secondary N) is 10. The molecule has 43 heavy (non-hydrogen) atoms. The van der Waals surface area contributed by atoms with E-state index >= 15 is 0 Å². The smallest absolute Gasteiger partial charge is 0.323 e. The van der Waals surface area contributed by atoms with Crippen LogP contribution in [0.15, 0.2) is 97.1 Å². The molecule has 0 heterocycles. The third-order valence-electron chi connectivity index (χ3n) is 6.25. The molecule has 0 atom stereocenters. The number of amidine groups is 4. The number of anilines is 4. The highest BCUT2D eigenvalue weighted by molar-refractivity contribution is 6.09. The Morgan fingerprint density at radius 1 is 0.419 bits per heavy atom. The minimum atomic E-state index is -0.404. The third kappa shape index (κ3) is 8.65. The van der Waals surface area contributed by atoms with Crippen LogP contribution in [0.5, 0.6) is 0 Å². The molecule has 10 N–H and O–H groups in total. The molecule has 0 radical (unpaired) electrons. The average molecular weight is 597 g/mol. The molecule has 4 aromatic carbocycles. The standard InChI is InChI=1S/C31H32N10O.ClH/c1-36-27(32)19-3-11-23(12-4-19)38-29(34)21-7-13-24(14-8-21)39-30(35)22-9-17-26(18-10-22)41-31(42)40-25-15-5-20(6-16-25)28(33)37-2;/h3-18H,1-2H3,(H2,32,36)(H2,33,37)(H2,34,38)(H2,35,39)(H2,40,41,42);1H. The predicted molar refractivity (Wildman–Crippen MR) is 178 cm³/mol. The van der Waals surface area contributed by atoms with Gasteiger partial charge >= 0.3 is 6.03 Å². The van der Waals surface area contributed by atoms with Gasteiger partial charge in [-0.25, -0.2) is 4.79 Å². The van der Waals surface area contributed by atoms with E-state index in [1.54, 1.807) is 86.9 Å². The van der Waals surface area contributed by atoms with Crippen LogP contribution in [-0.2, 0) is 0 Å². The number of carbonyl (C=O) groups is 1. The number of urea groups is 1. The van der Waals surface area contributed by atoms with Crippen molar-refractivity contribution in [1.29, 1.82) is 21.6 Å². The third-order valence-corrected chi connectivity index (χ3v) is 6.25. The van der Waals surface area contributed by atoms with Gasteiger partial charge in [-0.2, -0.15) is 0 Å². The molecule has 12 heteroatoms. The summed E-state index contributed by atoms with van der Waals surface area (Å²) in [5, 5.41) is 49.6. The van der Waals surface area contributed by atoms with Crippen molar-refractivity contribution in [3.05, 3.63) is 119 Å². The molecule has 0 bridgehead atoms. The van der Waals surface area contributed by atoms with Crippen molar-refractivity contribution in [1.82, 2.24) is 10.6 Å². The number of halogens is 1. The van der Waals surface area contributed by atoms with Crippen molar-refractivity contribution >= 4 is 64.5 Å². The highest BCUT2D eigenvalue weighted by atomic mass is 35.5. The summed E-state index contributed by atoms with van der Waals surface area (Å²) in [5.74, 6) is 1.04. The Balaban J connectivity index is 0.00000506. The van der Waals surface area contributed by atoms with Crippen molar-refractivity contribution in [2.45, 2.75) is 0 Å². The fourth-order valence-corrected chi connectivity index (χ4v) is 3.90. The van der Waals surface area contributed by atoms with E-state index in [9.17, 15) is 4.79 Å². The van der Waals surface area contributed by atoms with Gasteiger partial charge in [-0.15, -0.1) is 12.4 Å². The second-order valence-corrected chi connectivity index (χ2v) is 9.14. The van der Waals surface area contributed by atoms with Crippen LogP contribution in [0.1, 0.15) is 22.3 Å². The molecule has 2 amide bonds. The van der Waals surface area contributed by atoms with E-state index in [1.165, 1.54) is 0 Å². The first-order valence-corrected chi connectivity index (χ1v) is 13.0. The Morgan fingerprint density at radius 3 is 0.907 bits per heavy atom. The van der Waals surface area contributed by atoms with Crippen LogP contribution < -0.4 is 31.9 Å². The molecule has 11 nitrogen and oxygen atoms in total. The highest BCUT2D eigenvalue weighted by Crippen LogP contribution is 2.17. The molecule has 220 valence electrons. The normalized spacial score (nSPS) is 9.91. The van der Waals surface area contributed by atoms with E-state index in [4.69, 9.17) is 21.6 Å². The number of amides is 2. The molecule has 0 fully saturated rings. The zero-order valence-electron chi connectivity index (χ0n) is 23.6. The molecule has 0 unspecified atom stereocenters. The molecule has 0 aromatic heterocycles. The van der Waals surface area contributed by atoms with E-state index in [2.05, 4.69) is 31.9 Å². The molecule has 4 rings (SSSR count). The Hall–Kier alpha value is -5.68. The van der Waals surface area contributed by atoms with Crippen LogP contribution in [0.2, 0.25) is 0 Å².